The van der Waals surface area contributed by atoms with Crippen LogP contribution in [0.25, 0.3) is 11.5 Å². The summed E-state index contributed by atoms with van der Waals surface area (Å²) in [5, 5.41) is 5.30. The van der Waals surface area contributed by atoms with Gasteiger partial charge in [-0.05, 0) is 19.8 Å². The van der Waals surface area contributed by atoms with Crippen molar-refractivity contribution < 1.29 is 0 Å². The number of nitrogens with zero attached hydrogens (tertiary/aromatic N) is 3. The lowest BCUT2D eigenvalue weighted by molar-refractivity contribution is 0.695. The van der Waals surface area contributed by atoms with Crippen molar-refractivity contribution in [2.75, 3.05) is 11.9 Å². The topological polar surface area (TPSA) is 50.7 Å². The van der Waals surface area contributed by atoms with Gasteiger partial charge in [-0.1, -0.05) is 12.8 Å². The predicted molar refractivity (Wildman–Crippen MR) is 78.5 cm³/mol. The molecule has 0 amide bonds. The van der Waals surface area contributed by atoms with Gasteiger partial charge >= 0.3 is 0 Å². The Morgan fingerprint density at radius 2 is 2.16 bits per heavy atom. The highest BCUT2D eigenvalue weighted by atomic mass is 32.1. The molecule has 1 N–H and O–H groups in total. The molecule has 0 bridgehead atoms. The van der Waals surface area contributed by atoms with E-state index in [0.717, 1.165) is 23.9 Å². The molecule has 2 aromatic heterocycles. The monoisotopic (exact) mass is 274 g/mol. The molecule has 0 aliphatic heterocycles. The van der Waals surface area contributed by atoms with Crippen LogP contribution in [-0.4, -0.2) is 21.5 Å². The van der Waals surface area contributed by atoms with E-state index < -0.39 is 0 Å². The summed E-state index contributed by atoms with van der Waals surface area (Å²) in [5.41, 5.74) is 3.88. The lowest BCUT2D eigenvalue weighted by atomic mass is 10.0. The highest BCUT2D eigenvalue weighted by molar-refractivity contribution is 7.07. The molecule has 19 heavy (non-hydrogen) atoms. The average molecular weight is 274 g/mol. The second-order valence-electron chi connectivity index (χ2n) is 4.89. The Morgan fingerprint density at radius 3 is 2.84 bits per heavy atom. The number of rotatable bonds is 4. The molecular formula is C14H18N4S. The fraction of sp³-hybridized carbons (Fsp3) is 0.500. The van der Waals surface area contributed by atoms with Crippen LogP contribution in [-0.2, 0) is 0 Å². The van der Waals surface area contributed by atoms with Gasteiger partial charge in [0.1, 0.15) is 11.5 Å². The third kappa shape index (κ3) is 2.76. The van der Waals surface area contributed by atoms with Gasteiger partial charge in [-0.2, -0.15) is 0 Å². The number of hydrogen-bond donors (Lipinski definition) is 1. The first-order chi connectivity index (χ1) is 9.36. The lowest BCUT2D eigenvalue weighted by Gasteiger charge is -2.12. The molecule has 2 aromatic rings. The molecule has 0 aromatic carbocycles. The summed E-state index contributed by atoms with van der Waals surface area (Å²) in [7, 11) is 0. The zero-order valence-corrected chi connectivity index (χ0v) is 11.9. The largest absolute Gasteiger partial charge is 0.370 e. The maximum atomic E-state index is 4.73. The SMILES string of the molecule is CCNc1cc(C2CCCC2)nc(-c2cscn2)n1. The van der Waals surface area contributed by atoms with Gasteiger partial charge in [0.15, 0.2) is 5.82 Å². The van der Waals surface area contributed by atoms with E-state index >= 15 is 0 Å². The van der Waals surface area contributed by atoms with Crippen LogP contribution in [0.15, 0.2) is 17.0 Å². The minimum Gasteiger partial charge on any atom is -0.370 e. The quantitative estimate of drug-likeness (QED) is 0.923. The second-order valence-corrected chi connectivity index (χ2v) is 5.61. The highest BCUT2D eigenvalue weighted by Crippen LogP contribution is 2.34. The van der Waals surface area contributed by atoms with Crippen molar-refractivity contribution in [3.05, 3.63) is 22.7 Å². The highest BCUT2D eigenvalue weighted by Gasteiger charge is 2.20. The molecule has 4 nitrogen and oxygen atoms in total. The summed E-state index contributed by atoms with van der Waals surface area (Å²) in [4.78, 5) is 13.6. The third-order valence-electron chi connectivity index (χ3n) is 3.54. The van der Waals surface area contributed by atoms with Crippen LogP contribution in [0.5, 0.6) is 0 Å². The van der Waals surface area contributed by atoms with Gasteiger partial charge in [0.25, 0.3) is 0 Å². The fourth-order valence-corrected chi connectivity index (χ4v) is 3.14. The number of aromatic nitrogens is 3. The molecule has 1 fully saturated rings. The summed E-state index contributed by atoms with van der Waals surface area (Å²) in [6, 6.07) is 2.11. The summed E-state index contributed by atoms with van der Waals surface area (Å²) in [6.45, 7) is 2.96. The zero-order valence-electron chi connectivity index (χ0n) is 11.1. The number of anilines is 1. The van der Waals surface area contributed by atoms with E-state index in [-0.39, 0.29) is 0 Å². The summed E-state index contributed by atoms with van der Waals surface area (Å²) in [6.07, 6.45) is 5.13. The number of thiazole rings is 1. The van der Waals surface area contributed by atoms with Gasteiger partial charge in [0, 0.05) is 29.6 Å². The first-order valence-electron chi connectivity index (χ1n) is 6.88. The fourth-order valence-electron chi connectivity index (χ4n) is 2.61. The number of hydrogen-bond acceptors (Lipinski definition) is 5. The van der Waals surface area contributed by atoms with E-state index in [1.807, 2.05) is 10.9 Å². The Hall–Kier alpha value is -1.49. The Labute approximate surface area is 117 Å². The molecule has 100 valence electrons. The Bertz CT molecular complexity index is 532. The molecule has 0 atom stereocenters. The van der Waals surface area contributed by atoms with Gasteiger partial charge < -0.3 is 5.32 Å². The summed E-state index contributed by atoms with van der Waals surface area (Å²) >= 11 is 1.58. The van der Waals surface area contributed by atoms with Crippen molar-refractivity contribution in [2.24, 2.45) is 0 Å². The minimum absolute atomic E-state index is 0.595. The van der Waals surface area contributed by atoms with E-state index in [0.29, 0.717) is 5.92 Å². The Morgan fingerprint density at radius 1 is 1.32 bits per heavy atom. The maximum Gasteiger partial charge on any atom is 0.181 e. The summed E-state index contributed by atoms with van der Waals surface area (Å²) in [5.74, 6) is 2.27. The van der Waals surface area contributed by atoms with Gasteiger partial charge in [0.2, 0.25) is 0 Å². The second kappa shape index (κ2) is 5.65. The van der Waals surface area contributed by atoms with Crippen LogP contribution < -0.4 is 5.32 Å². The van der Waals surface area contributed by atoms with Crippen LogP contribution in [0.1, 0.15) is 44.2 Å². The van der Waals surface area contributed by atoms with E-state index in [9.17, 15) is 0 Å². The standard InChI is InChI=1S/C14H18N4S/c1-2-15-13-7-11(10-5-3-4-6-10)17-14(18-13)12-8-19-9-16-12/h7-10H,2-6H2,1H3,(H,15,17,18). The third-order valence-corrected chi connectivity index (χ3v) is 4.13. The van der Waals surface area contributed by atoms with Crippen LogP contribution in [0.4, 0.5) is 5.82 Å². The van der Waals surface area contributed by atoms with Crippen molar-refractivity contribution in [2.45, 2.75) is 38.5 Å². The molecule has 1 saturated carbocycles. The molecular weight excluding hydrogens is 256 g/mol. The van der Waals surface area contributed by atoms with Crippen LogP contribution in [0.3, 0.4) is 0 Å². The van der Waals surface area contributed by atoms with E-state index in [2.05, 4.69) is 28.3 Å². The molecule has 1 aliphatic rings. The van der Waals surface area contributed by atoms with Gasteiger partial charge in [-0.25, -0.2) is 15.0 Å². The molecule has 3 rings (SSSR count). The van der Waals surface area contributed by atoms with Gasteiger partial charge in [-0.15, -0.1) is 11.3 Å². The van der Waals surface area contributed by atoms with Crippen molar-refractivity contribution >= 4 is 17.2 Å². The van der Waals surface area contributed by atoms with Crippen LogP contribution in [0, 0.1) is 0 Å². The van der Waals surface area contributed by atoms with E-state index in [4.69, 9.17) is 4.98 Å². The maximum absolute atomic E-state index is 4.73. The molecule has 0 spiro atoms. The molecule has 5 heteroatoms. The average Bonchev–Trinajstić information content (AvgIpc) is 3.12. The van der Waals surface area contributed by atoms with Crippen LogP contribution >= 0.6 is 11.3 Å². The van der Waals surface area contributed by atoms with Gasteiger partial charge in [0.05, 0.1) is 5.51 Å². The summed E-state index contributed by atoms with van der Waals surface area (Å²) < 4.78 is 0. The Kier molecular flexibility index (Phi) is 3.73. The predicted octanol–water partition coefficient (Wildman–Crippen LogP) is 3.69. The van der Waals surface area contributed by atoms with E-state index in [1.165, 1.54) is 31.4 Å². The molecule has 0 saturated heterocycles. The van der Waals surface area contributed by atoms with Crippen molar-refractivity contribution in [3.8, 4) is 11.5 Å². The molecule has 2 heterocycles. The minimum atomic E-state index is 0.595. The zero-order chi connectivity index (χ0) is 13.1. The number of nitrogens with one attached hydrogen (secondary N) is 1. The first kappa shape index (κ1) is 12.5. The Balaban J connectivity index is 1.98. The van der Waals surface area contributed by atoms with E-state index in [1.54, 1.807) is 11.3 Å². The molecule has 0 radical (unpaired) electrons. The van der Waals surface area contributed by atoms with Crippen molar-refractivity contribution in [3.63, 3.8) is 0 Å². The molecule has 1 aliphatic carbocycles. The normalized spacial score (nSPS) is 15.8. The lowest BCUT2D eigenvalue weighted by Crippen LogP contribution is -2.06. The van der Waals surface area contributed by atoms with Gasteiger partial charge in [-0.3, -0.25) is 0 Å². The van der Waals surface area contributed by atoms with Crippen molar-refractivity contribution in [1.82, 2.24) is 15.0 Å². The van der Waals surface area contributed by atoms with Crippen molar-refractivity contribution in [1.29, 1.82) is 0 Å². The first-order valence-corrected chi connectivity index (χ1v) is 7.82. The smallest absolute Gasteiger partial charge is 0.181 e. The van der Waals surface area contributed by atoms with Crippen LogP contribution in [0.2, 0.25) is 0 Å². The molecule has 0 unspecified atom stereocenters.